The zero-order chi connectivity index (χ0) is 16.4. The van der Waals surface area contributed by atoms with E-state index >= 15 is 0 Å². The van der Waals surface area contributed by atoms with Crippen LogP contribution < -0.4 is 0 Å². The number of hydrogen-bond acceptors (Lipinski definition) is 1. The van der Waals surface area contributed by atoms with Crippen molar-refractivity contribution < 1.29 is 28.4 Å². The van der Waals surface area contributed by atoms with Crippen LogP contribution in [0.5, 0.6) is 0 Å². The molecule has 0 heterocycles. The minimum Gasteiger partial charge on any atom is -0.168 e. The molecule has 0 saturated heterocycles. The Balaban J connectivity index is -0.000000150. The molecule has 1 nitrogen and oxygen atoms in total. The van der Waals surface area contributed by atoms with E-state index in [2.05, 4.69) is 80.7 Å². The number of benzene rings is 1. The molecule has 0 spiro atoms. The van der Waals surface area contributed by atoms with Crippen LogP contribution in [0.3, 0.4) is 0 Å². The van der Waals surface area contributed by atoms with Crippen LogP contribution in [-0.4, -0.2) is 26.7 Å². The van der Waals surface area contributed by atoms with E-state index in [-0.39, 0.29) is 39.7 Å². The van der Waals surface area contributed by atoms with Gasteiger partial charge in [0.2, 0.25) is 0 Å². The van der Waals surface area contributed by atoms with Crippen molar-refractivity contribution in [3.05, 3.63) is 80.7 Å². The predicted octanol–water partition coefficient (Wildman–Crippen LogP) is 5.84. The zero-order valence-corrected chi connectivity index (χ0v) is 22.2. The fraction of sp³-hybridized carbons (Fsp3) is 0.250. The second-order valence-corrected chi connectivity index (χ2v) is 10.5. The van der Waals surface area contributed by atoms with E-state index in [0.717, 1.165) is 12.5 Å². The molecule has 0 atom stereocenters. The Morgan fingerprint density at radius 3 is 2.27 bits per heavy atom. The van der Waals surface area contributed by atoms with Crippen LogP contribution in [0.25, 0.3) is 10.8 Å². The Labute approximate surface area is 190 Å². The summed E-state index contributed by atoms with van der Waals surface area (Å²) in [5.41, 5.74) is 0. The number of hydrogen-bond donors (Lipinski definition) is 1. The van der Waals surface area contributed by atoms with Gasteiger partial charge in [0.15, 0.2) is 0 Å². The van der Waals surface area contributed by atoms with Gasteiger partial charge in [-0.3, -0.25) is 6.08 Å². The average molecular weight is 505 g/mol. The van der Waals surface area contributed by atoms with Crippen LogP contribution in [0.4, 0.5) is 0 Å². The second kappa shape index (κ2) is 18.5. The number of aliphatic hydroxyl groups is 1. The summed E-state index contributed by atoms with van der Waals surface area (Å²) < 4.78 is 0. The molecule has 2 aromatic rings. The molecule has 2 aromatic carbocycles. The monoisotopic (exact) mass is 502 g/mol. The Kier molecular flexibility index (Phi) is 24.0. The van der Waals surface area contributed by atoms with Crippen LogP contribution >= 0.6 is 24.8 Å². The summed E-state index contributed by atoms with van der Waals surface area (Å²) in [4.78, 5) is 0. The molecule has 0 unspecified atom stereocenters. The molecule has 0 fully saturated rings. The van der Waals surface area contributed by atoms with Crippen LogP contribution in [0.2, 0.25) is 19.1 Å². The van der Waals surface area contributed by atoms with Gasteiger partial charge in [-0.25, -0.2) is 11.3 Å². The van der Waals surface area contributed by atoms with Crippen LogP contribution in [-0.2, 0) is 23.3 Å². The standard InChI is InChI=1S/C9H15OSi.C9H7.2CH3.2ClH.Si.Zr/c1-11(2,8-7-10)9-5-3-4-6-9;1-2-5-9-7-3-6-8(9)4-1;;;;;;/h3,5,10H,4,7-8H2,1-2H3;1-7H;2*1H3;2*1H;;/q4*-1;;;;. The number of halogens is 2. The molecule has 0 amide bonds. The van der Waals surface area contributed by atoms with E-state index < -0.39 is 8.07 Å². The number of rotatable bonds is 3. The van der Waals surface area contributed by atoms with Crippen molar-refractivity contribution in [2.45, 2.75) is 25.6 Å². The maximum Gasteiger partial charge on any atom is -0.0809 e. The minimum atomic E-state index is -1.30. The van der Waals surface area contributed by atoms with E-state index in [1.165, 1.54) is 39.3 Å². The fourth-order valence-corrected chi connectivity index (χ4v) is 4.33. The molecular formula is C20H30Cl2OSi2Zr-4. The predicted molar refractivity (Wildman–Crippen MR) is 123 cm³/mol. The summed E-state index contributed by atoms with van der Waals surface area (Å²) in [7, 11) is -1.30. The molecule has 26 heavy (non-hydrogen) atoms. The van der Waals surface area contributed by atoms with Crippen molar-refractivity contribution >= 4 is 50.5 Å². The number of fused-ring (bicyclic) bond motifs is 1. The van der Waals surface area contributed by atoms with E-state index in [1.54, 1.807) is 0 Å². The zero-order valence-electron chi connectivity index (χ0n) is 16.1. The van der Waals surface area contributed by atoms with Gasteiger partial charge < -0.3 is 20.0 Å². The molecule has 1 N–H and O–H groups in total. The molecule has 0 aliphatic heterocycles. The average Bonchev–Trinajstić information content (AvgIpc) is 3.22. The first kappa shape index (κ1) is 33.7. The van der Waals surface area contributed by atoms with Gasteiger partial charge in [-0.05, 0) is 6.04 Å². The molecular weight excluding hydrogens is 475 g/mol. The first-order valence-corrected chi connectivity index (χ1v) is 14.8. The van der Waals surface area contributed by atoms with Crippen molar-refractivity contribution in [2.24, 2.45) is 0 Å². The van der Waals surface area contributed by atoms with E-state index in [4.69, 9.17) is 5.11 Å². The minimum absolute atomic E-state index is 0. The van der Waals surface area contributed by atoms with Gasteiger partial charge in [0.05, 0.1) is 0 Å². The third-order valence-electron chi connectivity index (χ3n) is 3.71. The summed E-state index contributed by atoms with van der Waals surface area (Å²) in [5, 5.41) is 12.9. The SMILES string of the molecule is C[Si](C)(CCO)C1=[C-]CC=C1.Cl.Cl.[CH3-].[CH3-].[Si]=[Zr].c1ccc2[cH-]ccc2c1. The molecule has 6 heteroatoms. The topological polar surface area (TPSA) is 20.2 Å². The molecule has 0 saturated carbocycles. The first-order chi connectivity index (χ1) is 10.6. The Hall–Kier alpha value is 0.167. The van der Waals surface area contributed by atoms with Crippen LogP contribution in [0.15, 0.2) is 59.8 Å². The van der Waals surface area contributed by atoms with Gasteiger partial charge in [0, 0.05) is 14.7 Å². The van der Waals surface area contributed by atoms with Crippen molar-refractivity contribution in [3.63, 3.8) is 0 Å². The summed E-state index contributed by atoms with van der Waals surface area (Å²) >= 11 is 1.36. The maximum absolute atomic E-state index is 8.83. The van der Waals surface area contributed by atoms with Crippen molar-refractivity contribution in [1.82, 2.24) is 0 Å². The number of aliphatic hydroxyl groups excluding tert-OH is 1. The molecule has 3 rings (SSSR count). The summed E-state index contributed by atoms with van der Waals surface area (Å²) in [6.07, 6.45) is 8.62. The van der Waals surface area contributed by atoms with Gasteiger partial charge >= 0.3 is 30.2 Å². The molecule has 1 aliphatic rings. The molecule has 1 aliphatic carbocycles. The third-order valence-corrected chi connectivity index (χ3v) is 6.98. The van der Waals surface area contributed by atoms with Gasteiger partial charge in [-0.1, -0.05) is 19.2 Å². The first-order valence-electron chi connectivity index (χ1n) is 7.37. The molecule has 2 radical (unpaired) electrons. The van der Waals surface area contributed by atoms with E-state index in [1.807, 2.05) is 0 Å². The smallest absolute Gasteiger partial charge is 0.0809 e. The summed E-state index contributed by atoms with van der Waals surface area (Å²) in [6.45, 7) is 7.94. The van der Waals surface area contributed by atoms with Gasteiger partial charge in [0.1, 0.15) is 0 Å². The van der Waals surface area contributed by atoms with Gasteiger partial charge in [0.25, 0.3) is 0 Å². The maximum atomic E-state index is 8.83. The Morgan fingerprint density at radius 2 is 1.77 bits per heavy atom. The molecule has 0 bridgehead atoms. The Morgan fingerprint density at radius 1 is 1.15 bits per heavy atom. The quantitative estimate of drug-likeness (QED) is 0.412. The third kappa shape index (κ3) is 11.1. The second-order valence-electron chi connectivity index (χ2n) is 5.71. The normalized spacial score (nSPS) is 10.9. The molecule has 146 valence electrons. The largest absolute Gasteiger partial charge is 0.168 e. The van der Waals surface area contributed by atoms with Crippen LogP contribution in [0.1, 0.15) is 6.42 Å². The summed E-state index contributed by atoms with van der Waals surface area (Å²) in [6, 6.07) is 15.6. The molecule has 0 aromatic heterocycles. The fourth-order valence-electron chi connectivity index (χ4n) is 2.35. The van der Waals surface area contributed by atoms with Gasteiger partial charge in [-0.15, -0.1) is 60.9 Å². The van der Waals surface area contributed by atoms with Gasteiger partial charge in [-0.2, -0.15) is 23.6 Å². The summed E-state index contributed by atoms with van der Waals surface area (Å²) in [5.74, 6) is 0. The van der Waals surface area contributed by atoms with E-state index in [9.17, 15) is 0 Å². The number of allylic oxidation sites excluding steroid dienone is 4. The van der Waals surface area contributed by atoms with Crippen LogP contribution in [0, 0.1) is 20.9 Å². The van der Waals surface area contributed by atoms with Crippen molar-refractivity contribution in [1.29, 1.82) is 0 Å². The Bertz CT molecular complexity index is 609. The van der Waals surface area contributed by atoms with Crippen molar-refractivity contribution in [2.75, 3.05) is 6.61 Å². The van der Waals surface area contributed by atoms with E-state index in [0.29, 0.717) is 6.61 Å². The van der Waals surface area contributed by atoms with Crippen molar-refractivity contribution in [3.8, 4) is 0 Å².